The summed E-state index contributed by atoms with van der Waals surface area (Å²) in [5, 5.41) is 0. The van der Waals surface area contributed by atoms with Gasteiger partial charge >= 0.3 is 0 Å². The SMILES string of the molecule is CC1COCCN1C(=O)CC1(CN)CCCCC1.Cl. The van der Waals surface area contributed by atoms with Gasteiger partial charge in [0.15, 0.2) is 0 Å². The molecule has 0 aromatic carbocycles. The van der Waals surface area contributed by atoms with E-state index in [-0.39, 0.29) is 29.8 Å². The summed E-state index contributed by atoms with van der Waals surface area (Å²) in [5.41, 5.74) is 6.03. The van der Waals surface area contributed by atoms with Gasteiger partial charge in [-0.25, -0.2) is 0 Å². The molecule has 2 N–H and O–H groups in total. The summed E-state index contributed by atoms with van der Waals surface area (Å²) >= 11 is 0. The van der Waals surface area contributed by atoms with Crippen molar-refractivity contribution in [3.8, 4) is 0 Å². The minimum absolute atomic E-state index is 0. The number of nitrogens with zero attached hydrogens (tertiary/aromatic N) is 1. The van der Waals surface area contributed by atoms with E-state index in [1.165, 1.54) is 19.3 Å². The fraction of sp³-hybridized carbons (Fsp3) is 0.929. The first-order chi connectivity index (χ1) is 8.67. The van der Waals surface area contributed by atoms with E-state index in [0.29, 0.717) is 26.2 Å². The third kappa shape index (κ3) is 4.07. The molecule has 4 nitrogen and oxygen atoms in total. The van der Waals surface area contributed by atoms with Crippen LogP contribution in [0.2, 0.25) is 0 Å². The first kappa shape index (κ1) is 16.7. The lowest BCUT2D eigenvalue weighted by Crippen LogP contribution is -2.49. The second-order valence-corrected chi connectivity index (χ2v) is 5.95. The van der Waals surface area contributed by atoms with Crippen molar-refractivity contribution in [3.05, 3.63) is 0 Å². The second kappa shape index (κ2) is 7.46. The Morgan fingerprint density at radius 2 is 2.05 bits per heavy atom. The summed E-state index contributed by atoms with van der Waals surface area (Å²) in [5.74, 6) is 0.276. The van der Waals surface area contributed by atoms with Crippen LogP contribution in [0.25, 0.3) is 0 Å². The van der Waals surface area contributed by atoms with E-state index in [4.69, 9.17) is 10.5 Å². The van der Waals surface area contributed by atoms with Gasteiger partial charge in [-0.3, -0.25) is 4.79 Å². The maximum atomic E-state index is 12.5. The van der Waals surface area contributed by atoms with Crippen LogP contribution in [-0.4, -0.2) is 43.2 Å². The van der Waals surface area contributed by atoms with Crippen LogP contribution in [0.1, 0.15) is 45.4 Å². The van der Waals surface area contributed by atoms with Crippen molar-refractivity contribution in [2.24, 2.45) is 11.1 Å². The third-order valence-electron chi connectivity index (χ3n) is 4.56. The van der Waals surface area contributed by atoms with Crippen molar-refractivity contribution in [2.45, 2.75) is 51.5 Å². The van der Waals surface area contributed by atoms with E-state index in [0.717, 1.165) is 19.4 Å². The Hall–Kier alpha value is -0.320. The van der Waals surface area contributed by atoms with Gasteiger partial charge in [0.2, 0.25) is 5.91 Å². The van der Waals surface area contributed by atoms with Crippen molar-refractivity contribution in [2.75, 3.05) is 26.3 Å². The van der Waals surface area contributed by atoms with Gasteiger partial charge in [-0.05, 0) is 31.7 Å². The maximum Gasteiger partial charge on any atom is 0.223 e. The summed E-state index contributed by atoms with van der Waals surface area (Å²) in [7, 11) is 0. The minimum Gasteiger partial charge on any atom is -0.377 e. The molecule has 2 rings (SSSR count). The number of rotatable bonds is 3. The van der Waals surface area contributed by atoms with Crippen LogP contribution in [0.15, 0.2) is 0 Å². The molecule has 0 spiro atoms. The Morgan fingerprint density at radius 3 is 2.63 bits per heavy atom. The van der Waals surface area contributed by atoms with Gasteiger partial charge in [0.05, 0.1) is 19.3 Å². The molecule has 1 heterocycles. The lowest BCUT2D eigenvalue weighted by Gasteiger charge is -2.40. The summed E-state index contributed by atoms with van der Waals surface area (Å²) < 4.78 is 5.39. The van der Waals surface area contributed by atoms with Crippen molar-refractivity contribution >= 4 is 18.3 Å². The Balaban J connectivity index is 0.00000180. The lowest BCUT2D eigenvalue weighted by atomic mass is 9.71. The molecule has 1 saturated heterocycles. The van der Waals surface area contributed by atoms with Gasteiger partial charge in [0, 0.05) is 13.0 Å². The topological polar surface area (TPSA) is 55.6 Å². The number of carbonyl (C=O) groups is 1. The number of hydrogen-bond acceptors (Lipinski definition) is 3. The summed E-state index contributed by atoms with van der Waals surface area (Å²) in [6, 6.07) is 0.213. The molecule has 2 fully saturated rings. The zero-order valence-electron chi connectivity index (χ0n) is 11.9. The lowest BCUT2D eigenvalue weighted by molar-refractivity contribution is -0.142. The molecule has 0 aromatic heterocycles. The van der Waals surface area contributed by atoms with Gasteiger partial charge < -0.3 is 15.4 Å². The van der Waals surface area contributed by atoms with E-state index in [1.807, 2.05) is 4.90 Å². The number of halogens is 1. The predicted octanol–water partition coefficient (Wildman–Crippen LogP) is 1.95. The van der Waals surface area contributed by atoms with Crippen molar-refractivity contribution < 1.29 is 9.53 Å². The fourth-order valence-electron chi connectivity index (χ4n) is 3.27. The molecular weight excluding hydrogens is 264 g/mol. The Labute approximate surface area is 122 Å². The van der Waals surface area contributed by atoms with Crippen LogP contribution in [0.5, 0.6) is 0 Å². The molecule has 1 aliphatic carbocycles. The van der Waals surface area contributed by atoms with E-state index in [1.54, 1.807) is 0 Å². The monoisotopic (exact) mass is 290 g/mol. The predicted molar refractivity (Wildman–Crippen MR) is 78.4 cm³/mol. The van der Waals surface area contributed by atoms with Crippen LogP contribution in [-0.2, 0) is 9.53 Å². The molecule has 5 heteroatoms. The summed E-state index contributed by atoms with van der Waals surface area (Å²) in [4.78, 5) is 14.4. The minimum atomic E-state index is 0. The summed E-state index contributed by atoms with van der Waals surface area (Å²) in [6.07, 6.45) is 6.62. The quantitative estimate of drug-likeness (QED) is 0.864. The smallest absolute Gasteiger partial charge is 0.223 e. The molecule has 0 aromatic rings. The van der Waals surface area contributed by atoms with Crippen LogP contribution >= 0.6 is 12.4 Å². The molecule has 0 bridgehead atoms. The normalized spacial score (nSPS) is 26.6. The van der Waals surface area contributed by atoms with E-state index in [9.17, 15) is 4.79 Å². The maximum absolute atomic E-state index is 12.5. The first-order valence-electron chi connectivity index (χ1n) is 7.24. The molecule has 1 saturated carbocycles. The Kier molecular flexibility index (Phi) is 6.57. The molecule has 1 amide bonds. The second-order valence-electron chi connectivity index (χ2n) is 5.95. The van der Waals surface area contributed by atoms with Gasteiger partial charge in [-0.2, -0.15) is 0 Å². The highest BCUT2D eigenvalue weighted by molar-refractivity contribution is 5.85. The highest BCUT2D eigenvalue weighted by Crippen LogP contribution is 2.39. The van der Waals surface area contributed by atoms with Gasteiger partial charge in [-0.1, -0.05) is 19.3 Å². The molecule has 2 aliphatic rings. The number of morpholine rings is 1. The summed E-state index contributed by atoms with van der Waals surface area (Å²) in [6.45, 7) is 4.79. The van der Waals surface area contributed by atoms with Gasteiger partial charge in [0.25, 0.3) is 0 Å². The molecule has 1 aliphatic heterocycles. The highest BCUT2D eigenvalue weighted by atomic mass is 35.5. The van der Waals surface area contributed by atoms with E-state index in [2.05, 4.69) is 6.92 Å². The molecule has 1 atom stereocenters. The van der Waals surface area contributed by atoms with Crippen molar-refractivity contribution in [1.82, 2.24) is 4.90 Å². The molecule has 1 unspecified atom stereocenters. The zero-order valence-corrected chi connectivity index (χ0v) is 12.7. The first-order valence-corrected chi connectivity index (χ1v) is 7.24. The highest BCUT2D eigenvalue weighted by Gasteiger charge is 2.35. The van der Waals surface area contributed by atoms with Crippen molar-refractivity contribution in [1.29, 1.82) is 0 Å². The number of hydrogen-bond donors (Lipinski definition) is 1. The van der Waals surface area contributed by atoms with Crippen LogP contribution in [0.4, 0.5) is 0 Å². The molecule has 112 valence electrons. The van der Waals surface area contributed by atoms with Crippen molar-refractivity contribution in [3.63, 3.8) is 0 Å². The largest absolute Gasteiger partial charge is 0.377 e. The average Bonchev–Trinajstić information content (AvgIpc) is 2.40. The standard InChI is InChI=1S/C14H26N2O2.ClH/c1-12-10-18-8-7-16(12)13(17)9-14(11-15)5-3-2-4-6-14;/h12H,2-11,15H2,1H3;1H. The van der Waals surface area contributed by atoms with E-state index < -0.39 is 0 Å². The van der Waals surface area contributed by atoms with Crippen LogP contribution in [0.3, 0.4) is 0 Å². The number of carbonyl (C=O) groups excluding carboxylic acids is 1. The zero-order chi connectivity index (χ0) is 13.0. The molecular formula is C14H27ClN2O2. The third-order valence-corrected chi connectivity index (χ3v) is 4.56. The van der Waals surface area contributed by atoms with Crippen LogP contribution in [0, 0.1) is 5.41 Å². The van der Waals surface area contributed by atoms with Gasteiger partial charge in [-0.15, -0.1) is 12.4 Å². The van der Waals surface area contributed by atoms with E-state index >= 15 is 0 Å². The number of amides is 1. The Morgan fingerprint density at radius 1 is 1.37 bits per heavy atom. The molecule has 0 radical (unpaired) electrons. The number of ether oxygens (including phenoxy) is 1. The molecule has 19 heavy (non-hydrogen) atoms. The average molecular weight is 291 g/mol. The fourth-order valence-corrected chi connectivity index (χ4v) is 3.27. The number of nitrogens with two attached hydrogens (primary N) is 1. The van der Waals surface area contributed by atoms with Gasteiger partial charge in [0.1, 0.15) is 0 Å². The Bertz CT molecular complexity index is 293. The van der Waals surface area contributed by atoms with Crippen LogP contribution < -0.4 is 5.73 Å².